The van der Waals surface area contributed by atoms with Gasteiger partial charge < -0.3 is 10.4 Å². The highest BCUT2D eigenvalue weighted by atomic mass is 16.3. The van der Waals surface area contributed by atoms with Crippen molar-refractivity contribution in [3.63, 3.8) is 0 Å². The summed E-state index contributed by atoms with van der Waals surface area (Å²) in [7, 11) is 0. The predicted molar refractivity (Wildman–Crippen MR) is 56.1 cm³/mol. The molecular formula is C11H14N2O. The van der Waals surface area contributed by atoms with Crippen molar-refractivity contribution >= 4 is 5.69 Å². The maximum absolute atomic E-state index is 9.10. The molecule has 0 saturated heterocycles. The lowest BCUT2D eigenvalue weighted by atomic mass is 10.1. The van der Waals surface area contributed by atoms with Crippen LogP contribution in [-0.2, 0) is 0 Å². The number of aliphatic hydroxyl groups excluding tert-OH is 1. The van der Waals surface area contributed by atoms with E-state index in [1.165, 1.54) is 0 Å². The van der Waals surface area contributed by atoms with E-state index >= 15 is 0 Å². The average Bonchev–Trinajstić information content (AvgIpc) is 2.15. The number of anilines is 1. The van der Waals surface area contributed by atoms with E-state index in [1.807, 2.05) is 19.1 Å². The Morgan fingerprint density at radius 2 is 2.29 bits per heavy atom. The molecule has 0 aliphatic rings. The molecular weight excluding hydrogens is 176 g/mol. The second kappa shape index (κ2) is 4.64. The molecule has 0 aliphatic heterocycles. The minimum atomic E-state index is -0.415. The van der Waals surface area contributed by atoms with Crippen LogP contribution < -0.4 is 5.32 Å². The third kappa shape index (κ3) is 2.75. The molecule has 0 saturated carbocycles. The number of nitrogens with zero attached hydrogens (tertiary/aromatic N) is 1. The van der Waals surface area contributed by atoms with Gasteiger partial charge in [0.05, 0.1) is 17.4 Å². The van der Waals surface area contributed by atoms with Crippen molar-refractivity contribution in [1.82, 2.24) is 0 Å². The first kappa shape index (κ1) is 10.6. The molecule has 0 amide bonds. The Kier molecular flexibility index (Phi) is 3.49. The van der Waals surface area contributed by atoms with E-state index in [2.05, 4.69) is 11.4 Å². The minimum Gasteiger partial charge on any atom is -0.392 e. The van der Waals surface area contributed by atoms with Crippen molar-refractivity contribution in [2.24, 2.45) is 0 Å². The molecule has 0 fully saturated rings. The number of hydrogen-bond donors (Lipinski definition) is 2. The van der Waals surface area contributed by atoms with E-state index in [0.717, 1.165) is 11.3 Å². The Bertz CT molecular complexity index is 353. The van der Waals surface area contributed by atoms with Gasteiger partial charge in [0.15, 0.2) is 0 Å². The highest BCUT2D eigenvalue weighted by molar-refractivity contribution is 5.58. The van der Waals surface area contributed by atoms with Gasteiger partial charge in [0.2, 0.25) is 0 Å². The lowest BCUT2D eigenvalue weighted by molar-refractivity contribution is 0.208. The van der Waals surface area contributed by atoms with Crippen molar-refractivity contribution in [3.8, 4) is 6.07 Å². The average molecular weight is 190 g/mol. The zero-order valence-corrected chi connectivity index (χ0v) is 8.41. The van der Waals surface area contributed by atoms with Crippen LogP contribution in [0.1, 0.15) is 18.1 Å². The van der Waals surface area contributed by atoms with Gasteiger partial charge in [0.1, 0.15) is 6.07 Å². The van der Waals surface area contributed by atoms with Crippen LogP contribution in [0.5, 0.6) is 0 Å². The third-order valence-corrected chi connectivity index (χ3v) is 1.88. The normalized spacial score (nSPS) is 11.9. The van der Waals surface area contributed by atoms with Crippen LogP contribution in [-0.4, -0.2) is 17.8 Å². The molecule has 0 heterocycles. The van der Waals surface area contributed by atoms with Gasteiger partial charge in [-0.05, 0) is 31.5 Å². The number of rotatable bonds is 3. The Morgan fingerprint density at radius 1 is 1.57 bits per heavy atom. The fraction of sp³-hybridized carbons (Fsp3) is 0.364. The van der Waals surface area contributed by atoms with Crippen LogP contribution >= 0.6 is 0 Å². The van der Waals surface area contributed by atoms with Gasteiger partial charge in [-0.25, -0.2) is 0 Å². The fourth-order valence-corrected chi connectivity index (χ4v) is 1.16. The molecule has 1 unspecified atom stereocenters. The summed E-state index contributed by atoms with van der Waals surface area (Å²) in [6.07, 6.45) is -0.415. The van der Waals surface area contributed by atoms with Gasteiger partial charge in [-0.2, -0.15) is 5.26 Å². The van der Waals surface area contributed by atoms with Crippen molar-refractivity contribution in [1.29, 1.82) is 5.26 Å². The minimum absolute atomic E-state index is 0.415. The highest BCUT2D eigenvalue weighted by Gasteiger charge is 2.02. The number of nitriles is 1. The smallest absolute Gasteiger partial charge is 0.101 e. The Hall–Kier alpha value is -1.53. The lowest BCUT2D eigenvalue weighted by Crippen LogP contribution is -2.15. The van der Waals surface area contributed by atoms with Gasteiger partial charge in [0, 0.05) is 6.54 Å². The second-order valence-electron chi connectivity index (χ2n) is 3.39. The van der Waals surface area contributed by atoms with Crippen molar-refractivity contribution in [2.75, 3.05) is 11.9 Å². The molecule has 3 nitrogen and oxygen atoms in total. The topological polar surface area (TPSA) is 56.0 Å². The van der Waals surface area contributed by atoms with Gasteiger partial charge in [-0.1, -0.05) is 6.07 Å². The van der Waals surface area contributed by atoms with Gasteiger partial charge in [-0.3, -0.25) is 0 Å². The summed E-state index contributed by atoms with van der Waals surface area (Å²) in [5.74, 6) is 0. The standard InChI is InChI=1S/C11H14N2O/c1-8-3-4-10(6-12)11(5-8)13-7-9(2)14/h3-5,9,13-14H,7H2,1-2H3. The van der Waals surface area contributed by atoms with Crippen molar-refractivity contribution in [3.05, 3.63) is 29.3 Å². The molecule has 0 bridgehead atoms. The quantitative estimate of drug-likeness (QED) is 0.762. The summed E-state index contributed by atoms with van der Waals surface area (Å²) in [5, 5.41) is 21.0. The summed E-state index contributed by atoms with van der Waals surface area (Å²) >= 11 is 0. The summed E-state index contributed by atoms with van der Waals surface area (Å²) < 4.78 is 0. The first-order valence-corrected chi connectivity index (χ1v) is 4.56. The summed E-state index contributed by atoms with van der Waals surface area (Å²) in [6.45, 7) is 4.13. The van der Waals surface area contributed by atoms with Crippen LogP contribution in [0.4, 0.5) is 5.69 Å². The highest BCUT2D eigenvalue weighted by Crippen LogP contribution is 2.16. The molecule has 1 rings (SSSR count). The fourth-order valence-electron chi connectivity index (χ4n) is 1.16. The maximum Gasteiger partial charge on any atom is 0.101 e. The molecule has 0 aliphatic carbocycles. The molecule has 1 atom stereocenters. The Morgan fingerprint density at radius 3 is 2.86 bits per heavy atom. The van der Waals surface area contributed by atoms with Crippen LogP contribution in [0.3, 0.4) is 0 Å². The van der Waals surface area contributed by atoms with E-state index in [0.29, 0.717) is 12.1 Å². The maximum atomic E-state index is 9.10. The van der Waals surface area contributed by atoms with E-state index in [-0.39, 0.29) is 0 Å². The van der Waals surface area contributed by atoms with E-state index in [1.54, 1.807) is 13.0 Å². The van der Waals surface area contributed by atoms with Crippen LogP contribution in [0.2, 0.25) is 0 Å². The van der Waals surface area contributed by atoms with E-state index in [4.69, 9.17) is 10.4 Å². The molecule has 14 heavy (non-hydrogen) atoms. The first-order chi connectivity index (χ1) is 6.63. The molecule has 2 N–H and O–H groups in total. The van der Waals surface area contributed by atoms with Gasteiger partial charge in [0.25, 0.3) is 0 Å². The number of aryl methyl sites for hydroxylation is 1. The SMILES string of the molecule is Cc1ccc(C#N)c(NCC(C)O)c1. The zero-order chi connectivity index (χ0) is 10.6. The first-order valence-electron chi connectivity index (χ1n) is 4.56. The summed E-state index contributed by atoms with van der Waals surface area (Å²) in [4.78, 5) is 0. The molecule has 3 heteroatoms. The predicted octanol–water partition coefficient (Wildman–Crippen LogP) is 1.66. The van der Waals surface area contributed by atoms with Crippen molar-refractivity contribution < 1.29 is 5.11 Å². The van der Waals surface area contributed by atoms with Crippen molar-refractivity contribution in [2.45, 2.75) is 20.0 Å². The molecule has 1 aromatic rings. The molecule has 0 aromatic heterocycles. The summed E-state index contributed by atoms with van der Waals surface area (Å²) in [6, 6.07) is 7.68. The molecule has 0 spiro atoms. The monoisotopic (exact) mass is 190 g/mol. The third-order valence-electron chi connectivity index (χ3n) is 1.88. The number of benzene rings is 1. The van der Waals surface area contributed by atoms with Crippen LogP contribution in [0.15, 0.2) is 18.2 Å². The Labute approximate surface area is 84.0 Å². The second-order valence-corrected chi connectivity index (χ2v) is 3.39. The van der Waals surface area contributed by atoms with Gasteiger partial charge in [-0.15, -0.1) is 0 Å². The molecule has 1 aromatic carbocycles. The largest absolute Gasteiger partial charge is 0.392 e. The van der Waals surface area contributed by atoms with E-state index in [9.17, 15) is 0 Å². The Balaban J connectivity index is 2.84. The molecule has 0 radical (unpaired) electrons. The van der Waals surface area contributed by atoms with Crippen LogP contribution in [0.25, 0.3) is 0 Å². The zero-order valence-electron chi connectivity index (χ0n) is 8.41. The van der Waals surface area contributed by atoms with Crippen LogP contribution in [0, 0.1) is 18.3 Å². The lowest BCUT2D eigenvalue weighted by Gasteiger charge is -2.10. The number of aliphatic hydroxyl groups is 1. The number of nitrogens with one attached hydrogen (secondary N) is 1. The van der Waals surface area contributed by atoms with E-state index < -0.39 is 6.10 Å². The van der Waals surface area contributed by atoms with Gasteiger partial charge >= 0.3 is 0 Å². The molecule has 74 valence electrons. The number of hydrogen-bond acceptors (Lipinski definition) is 3. The summed E-state index contributed by atoms with van der Waals surface area (Å²) in [5.41, 5.74) is 2.49.